The van der Waals surface area contributed by atoms with Crippen molar-refractivity contribution in [3.63, 3.8) is 0 Å². The molecule has 8 nitrogen and oxygen atoms in total. The first-order valence-electron chi connectivity index (χ1n) is 9.10. The van der Waals surface area contributed by atoms with Crippen molar-refractivity contribution in [1.29, 1.82) is 0 Å². The Morgan fingerprint density at radius 2 is 1.96 bits per heavy atom. The van der Waals surface area contributed by atoms with Crippen molar-refractivity contribution in [3.8, 4) is 0 Å². The van der Waals surface area contributed by atoms with Gasteiger partial charge in [-0.25, -0.2) is 0 Å². The molecule has 1 saturated heterocycles. The van der Waals surface area contributed by atoms with E-state index >= 15 is 0 Å². The highest BCUT2D eigenvalue weighted by atomic mass is 16.2. The molecule has 4 rings (SSSR count). The average Bonchev–Trinajstić information content (AvgIpc) is 3.26. The molecule has 3 aliphatic rings. The van der Waals surface area contributed by atoms with Gasteiger partial charge in [0.05, 0.1) is 11.1 Å². The molecular formula is C19H22N4O4. The lowest BCUT2D eigenvalue weighted by atomic mass is 10.0. The van der Waals surface area contributed by atoms with Crippen molar-refractivity contribution in [2.75, 3.05) is 13.6 Å². The van der Waals surface area contributed by atoms with Crippen LogP contribution >= 0.6 is 0 Å². The summed E-state index contributed by atoms with van der Waals surface area (Å²) in [6, 6.07) is 4.23. The molecule has 0 radical (unpaired) electrons. The van der Waals surface area contributed by atoms with Gasteiger partial charge in [-0.2, -0.15) is 0 Å². The summed E-state index contributed by atoms with van der Waals surface area (Å²) < 4.78 is 0. The lowest BCUT2D eigenvalue weighted by Gasteiger charge is -2.28. The van der Waals surface area contributed by atoms with Gasteiger partial charge in [0.1, 0.15) is 6.04 Å². The number of benzene rings is 1. The molecule has 1 atom stereocenters. The lowest BCUT2D eigenvalue weighted by molar-refractivity contribution is -0.136. The van der Waals surface area contributed by atoms with E-state index in [2.05, 4.69) is 10.2 Å². The van der Waals surface area contributed by atoms with Crippen LogP contribution in [0.4, 0.5) is 0 Å². The van der Waals surface area contributed by atoms with E-state index in [9.17, 15) is 19.2 Å². The Labute approximate surface area is 156 Å². The maximum Gasteiger partial charge on any atom is 0.262 e. The van der Waals surface area contributed by atoms with Crippen LogP contribution in [0.3, 0.4) is 0 Å². The zero-order valence-corrected chi connectivity index (χ0v) is 15.2. The number of imide groups is 2. The lowest BCUT2D eigenvalue weighted by Crippen LogP contribution is -2.54. The van der Waals surface area contributed by atoms with Gasteiger partial charge in [-0.15, -0.1) is 0 Å². The van der Waals surface area contributed by atoms with E-state index in [-0.39, 0.29) is 24.3 Å². The number of carbonyl (C=O) groups excluding carboxylic acids is 4. The van der Waals surface area contributed by atoms with E-state index in [1.165, 1.54) is 0 Å². The number of fused-ring (bicyclic) bond motifs is 1. The van der Waals surface area contributed by atoms with Crippen LogP contribution in [0.5, 0.6) is 0 Å². The number of nitrogens with zero attached hydrogens (tertiary/aromatic N) is 2. The number of nitrogens with two attached hydrogens (primary N) is 1. The summed E-state index contributed by atoms with van der Waals surface area (Å²) in [5.74, 6) is -1.93. The number of hydrogen-bond donors (Lipinski definition) is 2. The molecule has 1 saturated carbocycles. The van der Waals surface area contributed by atoms with Gasteiger partial charge in [-0.05, 0) is 37.9 Å². The molecule has 0 aromatic heterocycles. The van der Waals surface area contributed by atoms with E-state index in [0.717, 1.165) is 29.8 Å². The van der Waals surface area contributed by atoms with E-state index in [1.807, 2.05) is 13.1 Å². The quantitative estimate of drug-likeness (QED) is 0.706. The third-order valence-corrected chi connectivity index (χ3v) is 5.47. The van der Waals surface area contributed by atoms with Crippen molar-refractivity contribution in [1.82, 2.24) is 15.1 Å². The standard InChI is InChI=1S/C19H22N4O4/c1-22(10-19(20)7-8-19)9-11-3-2-4-12-15(11)18(27)23(17(12)26)13-5-6-14(24)21-16(13)25/h2-4,13H,5-10,20H2,1H3,(H,21,24,25). The summed E-state index contributed by atoms with van der Waals surface area (Å²) in [5.41, 5.74) is 7.42. The first-order valence-corrected chi connectivity index (χ1v) is 9.10. The first kappa shape index (κ1) is 17.8. The summed E-state index contributed by atoms with van der Waals surface area (Å²) in [4.78, 5) is 52.4. The highest BCUT2D eigenvalue weighted by molar-refractivity contribution is 6.24. The summed E-state index contributed by atoms with van der Waals surface area (Å²) in [5, 5.41) is 2.21. The number of hydrogen-bond acceptors (Lipinski definition) is 6. The van der Waals surface area contributed by atoms with E-state index in [1.54, 1.807) is 12.1 Å². The molecule has 1 aromatic carbocycles. The number of amides is 4. The molecule has 1 unspecified atom stereocenters. The first-order chi connectivity index (χ1) is 12.8. The van der Waals surface area contributed by atoms with Crippen LogP contribution in [-0.2, 0) is 16.1 Å². The Balaban J connectivity index is 1.59. The predicted molar refractivity (Wildman–Crippen MR) is 95.6 cm³/mol. The second-order valence-electron chi connectivity index (χ2n) is 7.82. The summed E-state index contributed by atoms with van der Waals surface area (Å²) in [6.07, 6.45) is 2.24. The van der Waals surface area contributed by atoms with E-state index < -0.39 is 23.8 Å². The van der Waals surface area contributed by atoms with Crippen LogP contribution in [0.1, 0.15) is 52.0 Å². The van der Waals surface area contributed by atoms with Crippen molar-refractivity contribution in [3.05, 3.63) is 34.9 Å². The molecule has 0 spiro atoms. The fourth-order valence-electron chi connectivity index (χ4n) is 3.92. The van der Waals surface area contributed by atoms with Crippen LogP contribution in [0.15, 0.2) is 18.2 Å². The van der Waals surface area contributed by atoms with Crippen LogP contribution in [-0.4, -0.2) is 58.6 Å². The Morgan fingerprint density at radius 1 is 1.22 bits per heavy atom. The van der Waals surface area contributed by atoms with Gasteiger partial charge >= 0.3 is 0 Å². The number of likely N-dealkylation sites (N-methyl/N-ethyl adjacent to an activating group) is 1. The molecule has 8 heteroatoms. The Bertz CT molecular complexity index is 861. The minimum absolute atomic E-state index is 0.109. The average molecular weight is 370 g/mol. The molecule has 2 heterocycles. The molecule has 2 aliphatic heterocycles. The molecule has 142 valence electrons. The van der Waals surface area contributed by atoms with Gasteiger partial charge in [-0.3, -0.25) is 29.4 Å². The van der Waals surface area contributed by atoms with Gasteiger partial charge in [-0.1, -0.05) is 12.1 Å². The fraction of sp³-hybridized carbons (Fsp3) is 0.474. The molecule has 3 N–H and O–H groups in total. The zero-order valence-electron chi connectivity index (χ0n) is 15.2. The normalized spacial score (nSPS) is 23.7. The van der Waals surface area contributed by atoms with Gasteiger partial charge in [0, 0.05) is 25.0 Å². The predicted octanol–water partition coefficient (Wildman–Crippen LogP) is 0.0109. The highest BCUT2D eigenvalue weighted by Gasteiger charge is 2.45. The third kappa shape index (κ3) is 3.15. The van der Waals surface area contributed by atoms with E-state index in [4.69, 9.17) is 5.73 Å². The maximum absolute atomic E-state index is 13.0. The SMILES string of the molecule is CN(Cc1cccc2c1C(=O)N(C1CCC(=O)NC1=O)C2=O)CC1(N)CC1. The Kier molecular flexibility index (Phi) is 4.12. The van der Waals surface area contributed by atoms with Gasteiger partial charge in [0.25, 0.3) is 11.8 Å². The zero-order chi connectivity index (χ0) is 19.3. The monoisotopic (exact) mass is 370 g/mol. The Hall–Kier alpha value is -2.58. The van der Waals surface area contributed by atoms with Gasteiger partial charge in [0.2, 0.25) is 11.8 Å². The van der Waals surface area contributed by atoms with Gasteiger partial charge < -0.3 is 10.6 Å². The minimum Gasteiger partial charge on any atom is -0.324 e. The Morgan fingerprint density at radius 3 is 2.63 bits per heavy atom. The molecule has 2 fully saturated rings. The summed E-state index contributed by atoms with van der Waals surface area (Å²) >= 11 is 0. The second-order valence-corrected chi connectivity index (χ2v) is 7.82. The summed E-state index contributed by atoms with van der Waals surface area (Å²) in [6.45, 7) is 1.21. The van der Waals surface area contributed by atoms with Crippen LogP contribution in [0, 0.1) is 0 Å². The smallest absolute Gasteiger partial charge is 0.262 e. The molecule has 0 bridgehead atoms. The third-order valence-electron chi connectivity index (χ3n) is 5.47. The molecule has 1 aromatic rings. The maximum atomic E-state index is 13.0. The van der Waals surface area contributed by atoms with E-state index in [0.29, 0.717) is 17.7 Å². The summed E-state index contributed by atoms with van der Waals surface area (Å²) in [7, 11) is 1.94. The number of carbonyl (C=O) groups is 4. The van der Waals surface area contributed by atoms with Crippen molar-refractivity contribution >= 4 is 23.6 Å². The molecule has 27 heavy (non-hydrogen) atoms. The highest BCUT2D eigenvalue weighted by Crippen LogP contribution is 2.34. The van der Waals surface area contributed by atoms with Crippen molar-refractivity contribution < 1.29 is 19.2 Å². The molecule has 4 amide bonds. The second kappa shape index (κ2) is 6.24. The fourth-order valence-corrected chi connectivity index (χ4v) is 3.92. The number of nitrogens with one attached hydrogen (secondary N) is 1. The molecule has 1 aliphatic carbocycles. The van der Waals surface area contributed by atoms with Crippen molar-refractivity contribution in [2.24, 2.45) is 5.73 Å². The largest absolute Gasteiger partial charge is 0.324 e. The van der Waals surface area contributed by atoms with Crippen molar-refractivity contribution in [2.45, 2.75) is 43.8 Å². The van der Waals surface area contributed by atoms with Gasteiger partial charge in [0.15, 0.2) is 0 Å². The van der Waals surface area contributed by atoms with Crippen LogP contribution < -0.4 is 11.1 Å². The minimum atomic E-state index is -0.945. The van der Waals surface area contributed by atoms with Crippen LogP contribution in [0.2, 0.25) is 0 Å². The topological polar surface area (TPSA) is 113 Å². The number of rotatable bonds is 5. The number of piperidine rings is 1. The molecular weight excluding hydrogens is 348 g/mol. The van der Waals surface area contributed by atoms with Crippen LogP contribution in [0.25, 0.3) is 0 Å².